The van der Waals surface area contributed by atoms with E-state index in [0.717, 1.165) is 35.5 Å². The minimum atomic E-state index is 0.239. The van der Waals surface area contributed by atoms with Gasteiger partial charge >= 0.3 is 0 Å². The molecule has 4 nitrogen and oxygen atoms in total. The third-order valence-corrected chi connectivity index (χ3v) is 4.46. The summed E-state index contributed by atoms with van der Waals surface area (Å²) in [5.74, 6) is 1.75. The molecule has 2 atom stereocenters. The summed E-state index contributed by atoms with van der Waals surface area (Å²) >= 11 is 0. The lowest BCUT2D eigenvalue weighted by atomic mass is 10.0. The van der Waals surface area contributed by atoms with Crippen molar-refractivity contribution in [3.8, 4) is 11.5 Å². The van der Waals surface area contributed by atoms with E-state index in [0.29, 0.717) is 13.2 Å². The molecular formula is C20H18O4. The first-order valence-corrected chi connectivity index (χ1v) is 8.31. The lowest BCUT2D eigenvalue weighted by molar-refractivity contribution is 0.261. The molecule has 2 saturated heterocycles. The smallest absolute Gasteiger partial charge is 0.127 e. The number of ether oxygens (including phenoxy) is 4. The summed E-state index contributed by atoms with van der Waals surface area (Å²) in [6.07, 6.45) is 0.479. The molecule has 2 heterocycles. The maximum absolute atomic E-state index is 5.98. The van der Waals surface area contributed by atoms with Gasteiger partial charge in [0.15, 0.2) is 0 Å². The summed E-state index contributed by atoms with van der Waals surface area (Å²) in [4.78, 5) is 0. The van der Waals surface area contributed by atoms with Gasteiger partial charge in [0.2, 0.25) is 0 Å². The highest BCUT2D eigenvalue weighted by molar-refractivity contribution is 6.03. The fraction of sp³-hybridized carbons (Fsp3) is 0.300. The van der Waals surface area contributed by atoms with E-state index >= 15 is 0 Å². The Bertz CT molecular complexity index is 823. The Hall–Kier alpha value is -2.30. The Morgan fingerprint density at radius 2 is 1.21 bits per heavy atom. The standard InChI is InChI=1S/C20H18O4/c1-2-4-14-8-18-17(7-13(14)3-1)19(23-11-15-9-21-15)5-6-20(18)24-12-16-10-22-16/h1-8,15-16H,9-12H2. The van der Waals surface area contributed by atoms with Crippen molar-refractivity contribution in [2.75, 3.05) is 26.4 Å². The molecule has 2 fully saturated rings. The number of hydrogen-bond donors (Lipinski definition) is 0. The average molecular weight is 322 g/mol. The van der Waals surface area contributed by atoms with Crippen LogP contribution >= 0.6 is 0 Å². The van der Waals surface area contributed by atoms with Crippen molar-refractivity contribution in [3.63, 3.8) is 0 Å². The first-order valence-electron chi connectivity index (χ1n) is 8.31. The number of benzene rings is 3. The summed E-state index contributed by atoms with van der Waals surface area (Å²) in [6, 6.07) is 16.7. The zero-order valence-electron chi connectivity index (χ0n) is 13.2. The van der Waals surface area contributed by atoms with Gasteiger partial charge in [0, 0.05) is 10.8 Å². The van der Waals surface area contributed by atoms with Crippen molar-refractivity contribution in [1.82, 2.24) is 0 Å². The SMILES string of the molecule is c1ccc2cc3c(OCC4CO4)ccc(OCC4CO4)c3cc2c1. The van der Waals surface area contributed by atoms with Crippen LogP contribution in [0.1, 0.15) is 0 Å². The van der Waals surface area contributed by atoms with Crippen LogP contribution in [-0.4, -0.2) is 38.6 Å². The van der Waals surface area contributed by atoms with Crippen LogP contribution < -0.4 is 9.47 Å². The molecule has 3 aromatic rings. The van der Waals surface area contributed by atoms with E-state index in [1.165, 1.54) is 10.8 Å². The molecule has 5 rings (SSSR count). The minimum absolute atomic E-state index is 0.239. The fourth-order valence-corrected chi connectivity index (χ4v) is 2.92. The van der Waals surface area contributed by atoms with Gasteiger partial charge < -0.3 is 18.9 Å². The van der Waals surface area contributed by atoms with E-state index in [2.05, 4.69) is 36.4 Å². The number of hydrogen-bond acceptors (Lipinski definition) is 4. The lowest BCUT2D eigenvalue weighted by Gasteiger charge is -2.14. The molecule has 0 amide bonds. The number of rotatable bonds is 6. The monoisotopic (exact) mass is 322 g/mol. The first kappa shape index (κ1) is 14.1. The van der Waals surface area contributed by atoms with E-state index in [1.807, 2.05) is 12.1 Å². The number of fused-ring (bicyclic) bond motifs is 2. The molecule has 0 saturated carbocycles. The van der Waals surface area contributed by atoms with Gasteiger partial charge in [0.05, 0.1) is 13.2 Å². The van der Waals surface area contributed by atoms with Crippen LogP contribution in [0.3, 0.4) is 0 Å². The highest BCUT2D eigenvalue weighted by atomic mass is 16.6. The zero-order valence-corrected chi connectivity index (χ0v) is 13.2. The Kier molecular flexibility index (Phi) is 3.32. The van der Waals surface area contributed by atoms with Crippen LogP contribution in [0.5, 0.6) is 11.5 Å². The van der Waals surface area contributed by atoms with Gasteiger partial charge in [-0.3, -0.25) is 0 Å². The highest BCUT2D eigenvalue weighted by Crippen LogP contribution is 2.37. The maximum Gasteiger partial charge on any atom is 0.127 e. The van der Waals surface area contributed by atoms with Crippen LogP contribution in [0.4, 0.5) is 0 Å². The summed E-state index contributed by atoms with van der Waals surface area (Å²) in [6.45, 7) is 2.78. The van der Waals surface area contributed by atoms with Gasteiger partial charge in [-0.05, 0) is 35.0 Å². The van der Waals surface area contributed by atoms with Crippen molar-refractivity contribution in [2.45, 2.75) is 12.2 Å². The molecule has 4 heteroatoms. The molecule has 2 aliphatic heterocycles. The van der Waals surface area contributed by atoms with E-state index < -0.39 is 0 Å². The van der Waals surface area contributed by atoms with Crippen molar-refractivity contribution >= 4 is 21.5 Å². The summed E-state index contributed by atoms with van der Waals surface area (Å²) < 4.78 is 22.4. The Labute approximate surface area is 139 Å². The molecule has 0 aromatic heterocycles. The molecule has 2 aliphatic rings. The molecular weight excluding hydrogens is 304 g/mol. The quantitative estimate of drug-likeness (QED) is 0.514. The topological polar surface area (TPSA) is 43.5 Å². The number of epoxide rings is 2. The maximum atomic E-state index is 5.98. The third kappa shape index (κ3) is 2.79. The molecule has 0 spiro atoms. The van der Waals surface area contributed by atoms with Gasteiger partial charge in [-0.15, -0.1) is 0 Å². The lowest BCUT2D eigenvalue weighted by Crippen LogP contribution is -2.06. The van der Waals surface area contributed by atoms with Crippen LogP contribution in [-0.2, 0) is 9.47 Å². The molecule has 0 radical (unpaired) electrons. The Balaban J connectivity index is 1.59. The average Bonchev–Trinajstić information content (AvgIpc) is 3.51. The third-order valence-electron chi connectivity index (χ3n) is 4.46. The van der Waals surface area contributed by atoms with Gasteiger partial charge in [-0.25, -0.2) is 0 Å². The second-order valence-electron chi connectivity index (χ2n) is 6.34. The van der Waals surface area contributed by atoms with Crippen molar-refractivity contribution in [2.24, 2.45) is 0 Å². The van der Waals surface area contributed by atoms with Crippen LogP contribution in [0, 0.1) is 0 Å². The van der Waals surface area contributed by atoms with Crippen molar-refractivity contribution in [1.29, 1.82) is 0 Å². The second-order valence-corrected chi connectivity index (χ2v) is 6.34. The van der Waals surface area contributed by atoms with Crippen LogP contribution in [0.2, 0.25) is 0 Å². The molecule has 122 valence electrons. The first-order chi connectivity index (χ1) is 11.9. The van der Waals surface area contributed by atoms with Gasteiger partial charge in [-0.1, -0.05) is 24.3 Å². The Morgan fingerprint density at radius 1 is 0.750 bits per heavy atom. The molecule has 0 bridgehead atoms. The van der Waals surface area contributed by atoms with Crippen molar-refractivity contribution < 1.29 is 18.9 Å². The predicted molar refractivity (Wildman–Crippen MR) is 91.9 cm³/mol. The van der Waals surface area contributed by atoms with Gasteiger partial charge in [0.25, 0.3) is 0 Å². The molecule has 0 aliphatic carbocycles. The van der Waals surface area contributed by atoms with Crippen LogP contribution in [0.25, 0.3) is 21.5 Å². The zero-order chi connectivity index (χ0) is 15.9. The summed E-state index contributed by atoms with van der Waals surface area (Å²) in [5, 5.41) is 4.53. The van der Waals surface area contributed by atoms with E-state index in [1.54, 1.807) is 0 Å². The minimum Gasteiger partial charge on any atom is -0.490 e. The molecule has 2 unspecified atom stereocenters. The van der Waals surface area contributed by atoms with Crippen LogP contribution in [0.15, 0.2) is 48.5 Å². The summed E-state index contributed by atoms with van der Waals surface area (Å²) in [5.41, 5.74) is 0. The van der Waals surface area contributed by atoms with E-state index in [9.17, 15) is 0 Å². The van der Waals surface area contributed by atoms with Gasteiger partial charge in [0.1, 0.15) is 36.9 Å². The fourth-order valence-electron chi connectivity index (χ4n) is 2.92. The normalized spacial score (nSPS) is 21.8. The van der Waals surface area contributed by atoms with Crippen molar-refractivity contribution in [3.05, 3.63) is 48.5 Å². The predicted octanol–water partition coefficient (Wildman–Crippen LogP) is 3.55. The summed E-state index contributed by atoms with van der Waals surface area (Å²) in [7, 11) is 0. The molecule has 24 heavy (non-hydrogen) atoms. The molecule has 3 aromatic carbocycles. The largest absolute Gasteiger partial charge is 0.490 e. The Morgan fingerprint density at radius 3 is 1.62 bits per heavy atom. The second kappa shape index (κ2) is 5.65. The van der Waals surface area contributed by atoms with E-state index in [-0.39, 0.29) is 12.2 Å². The van der Waals surface area contributed by atoms with Gasteiger partial charge in [-0.2, -0.15) is 0 Å². The van der Waals surface area contributed by atoms with E-state index in [4.69, 9.17) is 18.9 Å². The highest BCUT2D eigenvalue weighted by Gasteiger charge is 2.25. The molecule has 0 N–H and O–H groups in total.